The van der Waals surface area contributed by atoms with Gasteiger partial charge in [-0.3, -0.25) is 48.5 Å². The molecule has 4 atom stereocenters. The predicted molar refractivity (Wildman–Crippen MR) is 398 cm³/mol. The molecule has 6 aliphatic rings. The number of unbranched alkanes of at least 4 members (excludes halogenated alkanes) is 6. The number of aryl methyl sites for hydroxylation is 6. The first-order chi connectivity index (χ1) is 48.1. The third kappa shape index (κ3) is 12.1. The van der Waals surface area contributed by atoms with Gasteiger partial charge in [0.1, 0.15) is 0 Å². The number of ether oxygens (including phenoxy) is 2. The minimum Gasteiger partial charge on any atom is -0.469 e. The van der Waals surface area contributed by atoms with Crippen LogP contribution in [0, 0.1) is 27.7 Å². The van der Waals surface area contributed by atoms with Crippen molar-refractivity contribution < 1.29 is 38.2 Å². The molecule has 12 rings (SSSR count). The fraction of sp³-hybridized carbons (Fsp3) is 0.463. The molecule has 6 aliphatic heterocycles. The lowest BCUT2D eigenvalue weighted by molar-refractivity contribution is -0.141. The van der Waals surface area contributed by atoms with Crippen molar-refractivity contribution >= 4 is 114 Å². The van der Waals surface area contributed by atoms with Gasteiger partial charge < -0.3 is 29.4 Å². The van der Waals surface area contributed by atoms with E-state index in [2.05, 4.69) is 127 Å². The maximum absolute atomic E-state index is 15.9. The molecule has 0 aliphatic carbocycles. The summed E-state index contributed by atoms with van der Waals surface area (Å²) in [6.07, 6.45) is 14.4. The standard InChI is InChI=1S/C82H98N10O8/c1-17-23-25-27-35-91-79(95)67-47(13)59-39-61-49(19-3)41(7)57(83-61)37-63-51(21-5)43(9)71(87-63)55(73-45(11)53(31-33-65(93)99-15)75(89-73)69(81(91)97)77(67)85-59)29-30-56-72-44(10)52(22-6)64(88-72)38-58-42(8)50(20-4)62(84-58)40-60-48(14)68-78(86-60)70(82(98)92(80(68)96)36-28-26-24-18-2)76-54(32-34-66(94)100-16)46(12)74(56)90-76/h29-30,37-40,45-46,53-54,85-88H,17-28,31-36H2,1-16H3/b30-29+,57-37?,58-38?,59-39?,60-40?,61-39?,62-40?,63-37?,64-38?,71-55?,72-56?,73-55?,74-56?,75-69?,76-70?/t45-,46-,53-,54-/m0/s1. The predicted octanol–water partition coefficient (Wildman–Crippen LogP) is 18.2. The number of esters is 2. The highest BCUT2D eigenvalue weighted by atomic mass is 16.5. The molecule has 0 radical (unpaired) electrons. The van der Waals surface area contributed by atoms with E-state index in [1.807, 2.05) is 26.0 Å². The van der Waals surface area contributed by atoms with Gasteiger partial charge in [-0.25, -0.2) is 9.97 Å². The molecule has 0 spiro atoms. The van der Waals surface area contributed by atoms with E-state index < -0.39 is 47.4 Å². The molecule has 18 nitrogen and oxygen atoms in total. The van der Waals surface area contributed by atoms with Crippen LogP contribution >= 0.6 is 0 Å². The van der Waals surface area contributed by atoms with Crippen LogP contribution in [0.5, 0.6) is 0 Å². The molecule has 4 amide bonds. The topological polar surface area (TPSA) is 242 Å². The fourth-order valence-corrected chi connectivity index (χ4v) is 16.7. The second-order valence-corrected chi connectivity index (χ2v) is 28.2. The summed E-state index contributed by atoms with van der Waals surface area (Å²) in [6.45, 7) is 29.8. The molecule has 100 heavy (non-hydrogen) atoms. The van der Waals surface area contributed by atoms with Gasteiger partial charge in [-0.05, 0) is 173 Å². The number of aromatic nitrogens is 8. The van der Waals surface area contributed by atoms with Crippen LogP contribution < -0.4 is 0 Å². The summed E-state index contributed by atoms with van der Waals surface area (Å²) in [7, 11) is 2.77. The van der Waals surface area contributed by atoms with E-state index in [9.17, 15) is 9.59 Å². The van der Waals surface area contributed by atoms with Crippen LogP contribution in [-0.4, -0.2) is 113 Å². The summed E-state index contributed by atoms with van der Waals surface area (Å²) >= 11 is 0. The minimum absolute atomic E-state index is 0.0390. The average molecular weight is 1350 g/mol. The number of nitrogens with one attached hydrogen (secondary N) is 4. The highest BCUT2D eigenvalue weighted by molar-refractivity contribution is 6.24. The van der Waals surface area contributed by atoms with Crippen LogP contribution in [0.3, 0.4) is 0 Å². The van der Waals surface area contributed by atoms with Crippen LogP contribution in [-0.2, 0) is 31.9 Å². The molecule has 16 bridgehead atoms. The summed E-state index contributed by atoms with van der Waals surface area (Å²) in [4.78, 5) is 129. The van der Waals surface area contributed by atoms with E-state index in [4.69, 9.17) is 29.4 Å². The zero-order chi connectivity index (χ0) is 71.4. The van der Waals surface area contributed by atoms with E-state index in [-0.39, 0.29) is 50.6 Å². The summed E-state index contributed by atoms with van der Waals surface area (Å²) < 4.78 is 10.7. The number of allylic oxidation sites excluding steroid dienone is 4. The first-order valence-electron chi connectivity index (χ1n) is 36.6. The molecule has 0 saturated heterocycles. The summed E-state index contributed by atoms with van der Waals surface area (Å²) in [5.41, 5.74) is 23.5. The minimum atomic E-state index is -0.519. The van der Waals surface area contributed by atoms with Crippen molar-refractivity contribution in [3.8, 4) is 0 Å². The van der Waals surface area contributed by atoms with Crippen molar-refractivity contribution in [2.75, 3.05) is 27.3 Å². The number of methoxy groups -OCH3 is 2. The molecular formula is C82H98N10O8. The maximum atomic E-state index is 15.9. The summed E-state index contributed by atoms with van der Waals surface area (Å²) in [5, 5.41) is 0. The van der Waals surface area contributed by atoms with Gasteiger partial charge in [-0.1, -0.05) is 106 Å². The molecule has 6 aromatic heterocycles. The number of imide groups is 2. The van der Waals surface area contributed by atoms with E-state index >= 15 is 19.2 Å². The fourth-order valence-electron chi connectivity index (χ4n) is 16.7. The Hall–Kier alpha value is -9.32. The normalized spacial score (nSPS) is 17.5. The maximum Gasteiger partial charge on any atom is 0.305 e. The molecule has 12 heterocycles. The summed E-state index contributed by atoms with van der Waals surface area (Å²) in [5.74, 6) is -4.31. The van der Waals surface area contributed by atoms with Crippen molar-refractivity contribution in [1.82, 2.24) is 49.7 Å². The number of amides is 4. The molecular weight excluding hydrogens is 1250 g/mol. The van der Waals surface area contributed by atoms with Gasteiger partial charge in [0.05, 0.1) is 104 Å². The molecule has 0 aromatic carbocycles. The number of aromatic amines is 4. The lowest BCUT2D eigenvalue weighted by atomic mass is 9.83. The zero-order valence-electron chi connectivity index (χ0n) is 61.5. The van der Waals surface area contributed by atoms with Gasteiger partial charge in [0.25, 0.3) is 23.6 Å². The van der Waals surface area contributed by atoms with E-state index in [0.29, 0.717) is 117 Å². The number of rotatable bonds is 22. The Bertz CT molecular complexity index is 4590. The Kier molecular flexibility index (Phi) is 20.3. The van der Waals surface area contributed by atoms with Crippen molar-refractivity contribution in [3.05, 3.63) is 137 Å². The molecule has 18 heteroatoms. The van der Waals surface area contributed by atoms with Gasteiger partial charge in [-0.15, -0.1) is 0 Å². The van der Waals surface area contributed by atoms with Gasteiger partial charge >= 0.3 is 11.9 Å². The lowest BCUT2D eigenvalue weighted by Crippen LogP contribution is -2.41. The second-order valence-electron chi connectivity index (χ2n) is 28.2. The number of nitrogens with zero attached hydrogens (tertiary/aromatic N) is 6. The number of fused-ring (bicyclic) bond motifs is 16. The third-order valence-corrected chi connectivity index (χ3v) is 22.6. The first-order valence-corrected chi connectivity index (χ1v) is 36.6. The van der Waals surface area contributed by atoms with Gasteiger partial charge in [0.15, 0.2) is 0 Å². The van der Waals surface area contributed by atoms with E-state index in [1.54, 1.807) is 0 Å². The van der Waals surface area contributed by atoms with Gasteiger partial charge in [0, 0.05) is 82.8 Å². The van der Waals surface area contributed by atoms with Crippen molar-refractivity contribution in [1.29, 1.82) is 0 Å². The van der Waals surface area contributed by atoms with E-state index in [0.717, 1.165) is 139 Å². The van der Waals surface area contributed by atoms with Crippen molar-refractivity contribution in [2.45, 2.75) is 223 Å². The highest BCUT2D eigenvalue weighted by Crippen LogP contribution is 2.49. The Morgan fingerprint density at radius 2 is 0.800 bits per heavy atom. The number of carbonyl (C=O) groups is 6. The van der Waals surface area contributed by atoms with Crippen LogP contribution in [0.2, 0.25) is 0 Å². The number of H-pyrrole nitrogens is 4. The van der Waals surface area contributed by atoms with Crippen LogP contribution in [0.1, 0.15) is 314 Å². The number of carbonyl (C=O) groups excluding carboxylic acids is 6. The summed E-state index contributed by atoms with van der Waals surface area (Å²) in [6, 6.07) is 8.31. The van der Waals surface area contributed by atoms with Crippen LogP contribution in [0.25, 0.3) is 78.6 Å². The quantitative estimate of drug-likeness (QED) is 0.0282. The Labute approximate surface area is 586 Å². The Balaban J connectivity index is 1.26. The smallest absolute Gasteiger partial charge is 0.305 e. The average Bonchev–Trinajstić information content (AvgIpc) is 1.54. The highest BCUT2D eigenvalue weighted by Gasteiger charge is 2.44. The number of hydrogen-bond donors (Lipinski definition) is 4. The largest absolute Gasteiger partial charge is 0.469 e. The van der Waals surface area contributed by atoms with Crippen LogP contribution in [0.15, 0.2) is 24.3 Å². The Morgan fingerprint density at radius 1 is 0.440 bits per heavy atom. The SMILES string of the molecule is CCCCCCN1C(=O)c2c3nc(c(/C=C/c4c5nc(c6c7[nH]c(cc8nc(cc9[nH]c4c(C)c9CC)C(C)=C8CC)c(C)c7C(=O)N(CCCCCC)C6=O)[C@@H](CCC(=O)OC)[C@@H]5C)c4[nH]c(cc5nc(cc6[nH]c2c(c6C)C1=O)C(CC)=C5C)c(CC)c4C)[C@@H](C)[C@@H]3CCC(=O)OC. The van der Waals surface area contributed by atoms with E-state index in [1.165, 1.54) is 24.0 Å². The Morgan fingerprint density at radius 3 is 1.15 bits per heavy atom. The van der Waals surface area contributed by atoms with Gasteiger partial charge in [-0.2, -0.15) is 0 Å². The van der Waals surface area contributed by atoms with Crippen LogP contribution in [0.4, 0.5) is 0 Å². The molecule has 4 N–H and O–H groups in total. The molecule has 0 fully saturated rings. The zero-order valence-corrected chi connectivity index (χ0v) is 61.5. The van der Waals surface area contributed by atoms with Crippen molar-refractivity contribution in [2.24, 2.45) is 0 Å². The molecule has 0 saturated carbocycles. The lowest BCUT2D eigenvalue weighted by Gasteiger charge is -2.27. The van der Waals surface area contributed by atoms with Gasteiger partial charge in [0.2, 0.25) is 0 Å². The first kappa shape index (κ1) is 70.5. The molecule has 524 valence electrons. The molecule has 0 unspecified atom stereocenters. The third-order valence-electron chi connectivity index (χ3n) is 22.6. The second kappa shape index (κ2) is 28.7. The monoisotopic (exact) mass is 1350 g/mol. The molecule has 6 aromatic rings. The number of hydrogen-bond acceptors (Lipinski definition) is 12. The van der Waals surface area contributed by atoms with Crippen molar-refractivity contribution in [3.63, 3.8) is 0 Å².